The van der Waals surface area contributed by atoms with Gasteiger partial charge in [-0.05, 0) is 267 Å². The van der Waals surface area contributed by atoms with E-state index < -0.39 is 30.4 Å². The molecular weight excluding hydrogens is 1130 g/mol. The number of aliphatic hydroxyl groups excluding tert-OH is 1. The Balaban J connectivity index is 0.000000139. The Hall–Kier alpha value is -3.42. The number of methoxy groups -OCH3 is 2. The van der Waals surface area contributed by atoms with Gasteiger partial charge in [-0.15, -0.1) is 9.32 Å². The van der Waals surface area contributed by atoms with Gasteiger partial charge in [0.15, 0.2) is 23.0 Å². The molecule has 9 aliphatic rings. The van der Waals surface area contributed by atoms with Crippen molar-refractivity contribution in [2.45, 2.75) is 180 Å². The topological polar surface area (TPSA) is 286 Å². The van der Waals surface area contributed by atoms with Crippen molar-refractivity contribution in [2.24, 2.45) is 73.8 Å². The lowest BCUT2D eigenvalue weighted by Gasteiger charge is -2.51. The number of fused-ring (bicyclic) bond motifs is 15. The van der Waals surface area contributed by atoms with Crippen LogP contribution in [0.4, 0.5) is 0 Å². The molecule has 6 saturated carbocycles. The summed E-state index contributed by atoms with van der Waals surface area (Å²) < 4.78 is 101. The maximum absolute atomic E-state index is 12.0. The molecule has 12 rings (SSSR count). The molecule has 0 amide bonds. The van der Waals surface area contributed by atoms with Crippen molar-refractivity contribution in [3.05, 3.63) is 75.3 Å². The third-order valence-corrected chi connectivity index (χ3v) is 24.8. The molecule has 0 aliphatic heterocycles. The molecule has 8 N–H and O–H groups in total. The van der Waals surface area contributed by atoms with E-state index >= 15 is 0 Å². The van der Waals surface area contributed by atoms with Gasteiger partial charge in [0, 0.05) is 6.26 Å². The molecule has 0 heterocycles. The highest BCUT2D eigenvalue weighted by Crippen LogP contribution is 2.65. The molecule has 82 heavy (non-hydrogen) atoms. The number of nitrogens with two attached hydrogens (primary N) is 3. The number of hydrogen-bond acceptors (Lipinski definition) is 17. The maximum Gasteiger partial charge on any atom is 0.380 e. The number of aliphatic hydroxyl groups is 1. The Labute approximate surface area is 490 Å². The molecule has 0 saturated heterocycles. The second-order valence-corrected chi connectivity index (χ2v) is 31.3. The van der Waals surface area contributed by atoms with Crippen LogP contribution < -0.4 is 34.0 Å². The molecule has 6 fully saturated rings. The summed E-state index contributed by atoms with van der Waals surface area (Å²) in [5.41, 5.74) is 8.92. The van der Waals surface area contributed by atoms with Gasteiger partial charge in [-0.3, -0.25) is 4.18 Å². The Morgan fingerprint density at radius 2 is 1.10 bits per heavy atom. The van der Waals surface area contributed by atoms with Crippen molar-refractivity contribution in [1.29, 1.82) is 0 Å². The number of aromatic hydroxyl groups is 1. The average Bonchev–Trinajstić information content (AvgIpc) is 3.66. The van der Waals surface area contributed by atoms with Crippen LogP contribution in [0, 0.1) is 57.7 Å². The van der Waals surface area contributed by atoms with E-state index in [1.165, 1.54) is 61.3 Å². The summed E-state index contributed by atoms with van der Waals surface area (Å²) in [5, 5.41) is 30.7. The molecule has 18 nitrogen and oxygen atoms in total. The summed E-state index contributed by atoms with van der Waals surface area (Å²) >= 11 is 0.730. The van der Waals surface area contributed by atoms with Crippen LogP contribution in [0.2, 0.25) is 0 Å². The van der Waals surface area contributed by atoms with Gasteiger partial charge in [0.1, 0.15) is 15.6 Å². The van der Waals surface area contributed by atoms with E-state index in [4.69, 9.17) is 38.2 Å². The Morgan fingerprint density at radius 3 is 1.65 bits per heavy atom. The van der Waals surface area contributed by atoms with E-state index in [0.29, 0.717) is 76.9 Å². The minimum absolute atomic E-state index is 0.0975. The van der Waals surface area contributed by atoms with Crippen LogP contribution in [0.1, 0.15) is 181 Å². The van der Waals surface area contributed by atoms with E-state index in [1.807, 2.05) is 12.1 Å². The zero-order valence-corrected chi connectivity index (χ0v) is 51.9. The Bertz CT molecular complexity index is 3200. The summed E-state index contributed by atoms with van der Waals surface area (Å²) in [6, 6.07) is 12.0. The Kier molecular flexibility index (Phi) is 17.8. The first kappa shape index (κ1) is 61.7. The van der Waals surface area contributed by atoms with Crippen molar-refractivity contribution in [1.82, 2.24) is 0 Å². The fourth-order valence-corrected chi connectivity index (χ4v) is 21.3. The lowest BCUT2D eigenvalue weighted by atomic mass is 9.54. The van der Waals surface area contributed by atoms with E-state index in [2.05, 4.69) is 55.2 Å². The van der Waals surface area contributed by atoms with Crippen molar-refractivity contribution < 1.29 is 66.8 Å². The maximum atomic E-state index is 12.0. The van der Waals surface area contributed by atoms with Crippen LogP contribution in [-0.4, -0.2) is 73.9 Å². The molecule has 0 spiro atoms. The zero-order valence-electron chi connectivity index (χ0n) is 48.6. The molecular formula is C60H87N3O15S4. The third-order valence-electron chi connectivity index (χ3n) is 22.5. The van der Waals surface area contributed by atoms with Crippen molar-refractivity contribution in [2.75, 3.05) is 26.2 Å². The van der Waals surface area contributed by atoms with Crippen LogP contribution in [0.3, 0.4) is 0 Å². The minimum Gasteiger partial charge on any atom is -0.504 e. The quantitative estimate of drug-likeness (QED) is 0.0460. The van der Waals surface area contributed by atoms with Gasteiger partial charge in [-0.2, -0.15) is 27.9 Å². The lowest BCUT2D eigenvalue weighted by Crippen LogP contribution is -2.45. The number of benzene rings is 3. The molecule has 0 bridgehead atoms. The number of aryl methyl sites for hydroxylation is 4. The average molecular weight is 1220 g/mol. The molecule has 3 aromatic carbocycles. The molecule has 6 unspecified atom stereocenters. The van der Waals surface area contributed by atoms with Crippen LogP contribution in [0.25, 0.3) is 0 Å². The standard InChI is InChI=1S/C22H33NO5S2.C19H28N2O7S2.C19H26O3/c1-4-14-11-19-15(12-21(14)26-29-28-27-23)5-7-18-17(19)9-10-22(2)16(6-8-20(18)22)13-30(3,24)25;1-19-8-7-12-13(15(19)5-6-18(19)28-30(21,24)25)4-3-11-9-17(27-29(20,22)23)16(26-2)10-14(11)12;1-19-8-7-12-13(15(19)5-6-18(19)21)4-3-11-9-16(20)17(22-2)10-14(11)12/h11-12,16-18,20H,4-10,13,23H2,1-3H3;9-10,12-13,15,18H,3-8H2,1-2H3,(H2,20,22,23)(H2,21,24,25);9-10,12-13,15,18,20-21H,3-8H2,1-2H3/t16-,17+,18-,20+,22-;2*12?,13?,15?,18-,19-/m100/s1. The number of ether oxygens (including phenoxy) is 2. The second-order valence-electron chi connectivity index (χ2n) is 26.3. The SMILES string of the molecule is CCc1cc2c(cc1OSOON)CC[C@@H]1[C@@H]2CC[C@]2(C)[C@@H](CS(C)(=O)=O)CC[C@@H]12.COc1cc2c(cc1O)CCC1C2CC[C@@]2(C)C1CC[C@@H]2O.COc1cc2c(cc1OS(N)(=O)=O)CCC1C2CC[C@@]2(C)C1CC[C@@H]2OS(N)(=O)=O. The van der Waals surface area contributed by atoms with Crippen molar-refractivity contribution in [3.63, 3.8) is 0 Å². The number of phenols is 1. The number of hydrogen-bond donors (Lipinski definition) is 5. The monoisotopic (exact) mass is 1220 g/mol. The molecule has 0 aromatic heterocycles. The number of phenolic OH excluding ortho intramolecular Hbond substituents is 1. The van der Waals surface area contributed by atoms with Gasteiger partial charge >= 0.3 is 20.6 Å². The van der Waals surface area contributed by atoms with Crippen LogP contribution in [0.5, 0.6) is 28.7 Å². The summed E-state index contributed by atoms with van der Waals surface area (Å²) in [6.45, 7) is 8.93. The van der Waals surface area contributed by atoms with Gasteiger partial charge in [0.25, 0.3) is 12.3 Å². The first-order valence-electron chi connectivity index (χ1n) is 29.6. The molecule has 3 aromatic rings. The number of rotatable bonds is 13. The molecule has 456 valence electrons. The summed E-state index contributed by atoms with van der Waals surface area (Å²) in [6.07, 6.45) is 20.1. The fraction of sp³-hybridized carbons (Fsp3) is 0.700. The smallest absolute Gasteiger partial charge is 0.380 e. The van der Waals surface area contributed by atoms with E-state index in [-0.39, 0.29) is 45.9 Å². The first-order valence-corrected chi connectivity index (χ1v) is 35.3. The molecule has 15 atom stereocenters. The fourth-order valence-electron chi connectivity index (χ4n) is 18.7. The van der Waals surface area contributed by atoms with E-state index in [1.54, 1.807) is 13.2 Å². The largest absolute Gasteiger partial charge is 0.504 e. The predicted octanol–water partition coefficient (Wildman–Crippen LogP) is 9.87. The number of sulfone groups is 1. The normalized spacial score (nSPS) is 34.9. The summed E-state index contributed by atoms with van der Waals surface area (Å²) in [7, 11) is -8.01. The zero-order chi connectivity index (χ0) is 58.9. The molecule has 0 radical (unpaired) electrons. The highest BCUT2D eigenvalue weighted by molar-refractivity contribution is 7.90. The molecule has 9 aliphatic carbocycles. The first-order chi connectivity index (χ1) is 38.7. The van der Waals surface area contributed by atoms with Crippen LogP contribution >= 0.6 is 12.3 Å². The predicted molar refractivity (Wildman–Crippen MR) is 313 cm³/mol. The Morgan fingerprint density at radius 1 is 0.598 bits per heavy atom. The van der Waals surface area contributed by atoms with Crippen molar-refractivity contribution >= 4 is 42.8 Å². The van der Waals surface area contributed by atoms with Gasteiger partial charge in [0.05, 0.1) is 32.2 Å². The van der Waals surface area contributed by atoms with Crippen LogP contribution in [0.15, 0.2) is 36.4 Å². The van der Waals surface area contributed by atoms with Crippen LogP contribution in [-0.2, 0) is 69.6 Å². The highest BCUT2D eigenvalue weighted by atomic mass is 32.2. The van der Waals surface area contributed by atoms with Gasteiger partial charge in [0.2, 0.25) is 0 Å². The third kappa shape index (κ3) is 12.0. The van der Waals surface area contributed by atoms with E-state index in [0.717, 1.165) is 125 Å². The van der Waals surface area contributed by atoms with E-state index in [9.17, 15) is 35.5 Å². The molecule has 22 heteroatoms. The van der Waals surface area contributed by atoms with Gasteiger partial charge < -0.3 is 28.1 Å². The summed E-state index contributed by atoms with van der Waals surface area (Å²) in [4.78, 5) is 4.11. The highest BCUT2D eigenvalue weighted by Gasteiger charge is 2.58. The van der Waals surface area contributed by atoms with Crippen molar-refractivity contribution in [3.8, 4) is 28.7 Å². The van der Waals surface area contributed by atoms with Gasteiger partial charge in [-0.1, -0.05) is 33.8 Å². The van der Waals surface area contributed by atoms with Gasteiger partial charge in [-0.25, -0.2) is 13.6 Å². The minimum atomic E-state index is -4.15. The second kappa shape index (κ2) is 23.7. The summed E-state index contributed by atoms with van der Waals surface area (Å²) in [5.74, 6) is 12.4. The lowest BCUT2D eigenvalue weighted by molar-refractivity contribution is -0.199.